The van der Waals surface area contributed by atoms with Gasteiger partial charge in [0.25, 0.3) is 0 Å². The Bertz CT molecular complexity index is 647. The molecule has 4 nitrogen and oxygen atoms in total. The molecule has 1 aromatic heterocycles. The Hall–Kier alpha value is -1.33. The van der Waals surface area contributed by atoms with Gasteiger partial charge in [0.2, 0.25) is 0 Å². The van der Waals surface area contributed by atoms with Crippen molar-refractivity contribution >= 4 is 23.3 Å². The number of imidazole rings is 1. The zero-order valence-electron chi connectivity index (χ0n) is 13.5. The molecule has 0 bridgehead atoms. The molecule has 0 amide bonds. The van der Waals surface area contributed by atoms with Gasteiger partial charge in [0, 0.05) is 18.7 Å². The fourth-order valence-corrected chi connectivity index (χ4v) is 3.18. The van der Waals surface area contributed by atoms with E-state index in [0.29, 0.717) is 12.0 Å². The van der Waals surface area contributed by atoms with Crippen molar-refractivity contribution in [1.82, 2.24) is 14.5 Å². The number of rotatable bonds is 6. The lowest BCUT2D eigenvalue weighted by atomic mass is 10.0. The van der Waals surface area contributed by atoms with Crippen LogP contribution in [0.15, 0.2) is 18.2 Å². The van der Waals surface area contributed by atoms with Gasteiger partial charge in [0.1, 0.15) is 5.75 Å². The van der Waals surface area contributed by atoms with E-state index < -0.39 is 0 Å². The third-order valence-corrected chi connectivity index (χ3v) is 3.91. The minimum atomic E-state index is 0.355. The smallest absolute Gasteiger partial charge is 0.178 e. The molecule has 0 saturated carbocycles. The minimum Gasteiger partial charge on any atom is -0.497 e. The van der Waals surface area contributed by atoms with Crippen LogP contribution < -0.4 is 4.74 Å². The Morgan fingerprint density at radius 1 is 1.33 bits per heavy atom. The fourth-order valence-electron chi connectivity index (χ4n) is 2.82. The number of methoxy groups -OCH3 is 1. The molecule has 0 radical (unpaired) electrons. The predicted molar refractivity (Wildman–Crippen MR) is 90.7 cm³/mol. The lowest BCUT2D eigenvalue weighted by molar-refractivity contribution is 0.291. The lowest BCUT2D eigenvalue weighted by Crippen LogP contribution is -2.25. The first-order valence-corrected chi connectivity index (χ1v) is 7.76. The van der Waals surface area contributed by atoms with Crippen molar-refractivity contribution in [1.29, 1.82) is 0 Å². The Balaban J connectivity index is 2.54. The van der Waals surface area contributed by atoms with E-state index in [1.165, 1.54) is 0 Å². The summed E-state index contributed by atoms with van der Waals surface area (Å²) in [6, 6.07) is 6.41. The number of likely N-dealkylation sites (N-methyl/N-ethyl adjacent to an activating group) is 1. The van der Waals surface area contributed by atoms with Gasteiger partial charge in [-0.25, -0.2) is 0 Å². The average molecular weight is 307 g/mol. The van der Waals surface area contributed by atoms with E-state index in [-0.39, 0.29) is 0 Å². The second-order valence-electron chi connectivity index (χ2n) is 6.23. The molecular formula is C16H25N3OS. The summed E-state index contributed by atoms with van der Waals surface area (Å²) in [5.41, 5.74) is 2.18. The number of H-pyrrole nitrogens is 1. The molecule has 0 aliphatic carbocycles. The Labute approximate surface area is 131 Å². The number of aromatic nitrogens is 2. The van der Waals surface area contributed by atoms with Gasteiger partial charge >= 0.3 is 0 Å². The Morgan fingerprint density at radius 2 is 2.05 bits per heavy atom. The highest BCUT2D eigenvalue weighted by atomic mass is 32.1. The number of nitrogens with one attached hydrogen (secondary N) is 1. The summed E-state index contributed by atoms with van der Waals surface area (Å²) in [7, 11) is 5.90. The predicted octanol–water partition coefficient (Wildman–Crippen LogP) is 3.86. The molecule has 1 unspecified atom stereocenters. The van der Waals surface area contributed by atoms with Crippen LogP contribution in [-0.4, -0.2) is 42.2 Å². The molecular weight excluding hydrogens is 282 g/mol. The summed E-state index contributed by atoms with van der Waals surface area (Å²) in [6.07, 6.45) is 1.09. The highest BCUT2D eigenvalue weighted by molar-refractivity contribution is 7.71. The normalized spacial score (nSPS) is 13.3. The van der Waals surface area contributed by atoms with Crippen LogP contribution in [-0.2, 0) is 0 Å². The van der Waals surface area contributed by atoms with E-state index in [9.17, 15) is 0 Å². The van der Waals surface area contributed by atoms with E-state index in [1.54, 1.807) is 7.11 Å². The molecule has 116 valence electrons. The van der Waals surface area contributed by atoms with Crippen LogP contribution in [0.2, 0.25) is 0 Å². The van der Waals surface area contributed by atoms with Crippen LogP contribution in [0.4, 0.5) is 0 Å². The number of nitrogens with zero attached hydrogens (tertiary/aromatic N) is 2. The van der Waals surface area contributed by atoms with E-state index >= 15 is 0 Å². The SMILES string of the molecule is COc1ccc2[nH]c(=S)n(C(CC(C)C)CN(C)C)c2c1. The van der Waals surface area contributed by atoms with Crippen LogP contribution in [0, 0.1) is 10.7 Å². The quantitative estimate of drug-likeness (QED) is 0.823. The van der Waals surface area contributed by atoms with Crippen molar-refractivity contribution in [2.75, 3.05) is 27.7 Å². The third kappa shape index (κ3) is 3.66. The molecule has 0 aliphatic heterocycles. The molecule has 2 rings (SSSR count). The number of fused-ring (bicyclic) bond motifs is 1. The second-order valence-corrected chi connectivity index (χ2v) is 6.62. The van der Waals surface area contributed by atoms with Gasteiger partial charge in [-0.05, 0) is 50.8 Å². The number of ether oxygens (including phenoxy) is 1. The fraction of sp³-hybridized carbons (Fsp3) is 0.562. The molecule has 1 N–H and O–H groups in total. The standard InChI is InChI=1S/C16H25N3OS/c1-11(2)8-12(10-18(3)4)19-15-9-13(20-5)6-7-14(15)17-16(19)21/h6-7,9,11-12H,8,10H2,1-5H3,(H,17,21). The third-order valence-electron chi connectivity index (χ3n) is 3.61. The van der Waals surface area contributed by atoms with Gasteiger partial charge in [-0.2, -0.15) is 0 Å². The summed E-state index contributed by atoms with van der Waals surface area (Å²) in [4.78, 5) is 5.53. The zero-order chi connectivity index (χ0) is 15.6. The second kappa shape index (κ2) is 6.62. The van der Waals surface area contributed by atoms with Crippen molar-refractivity contribution in [3.63, 3.8) is 0 Å². The molecule has 0 spiro atoms. The average Bonchev–Trinajstić information content (AvgIpc) is 2.71. The molecule has 21 heavy (non-hydrogen) atoms. The number of hydrogen-bond acceptors (Lipinski definition) is 3. The molecule has 2 aromatic rings. The van der Waals surface area contributed by atoms with Crippen molar-refractivity contribution in [2.24, 2.45) is 5.92 Å². The van der Waals surface area contributed by atoms with Gasteiger partial charge < -0.3 is 19.2 Å². The van der Waals surface area contributed by atoms with E-state index in [1.807, 2.05) is 12.1 Å². The van der Waals surface area contributed by atoms with E-state index in [0.717, 1.165) is 34.5 Å². The summed E-state index contributed by atoms with van der Waals surface area (Å²) >= 11 is 5.56. The van der Waals surface area contributed by atoms with Crippen molar-refractivity contribution in [3.8, 4) is 5.75 Å². The van der Waals surface area contributed by atoms with Crippen LogP contribution >= 0.6 is 12.2 Å². The number of hydrogen-bond donors (Lipinski definition) is 1. The van der Waals surface area contributed by atoms with Gasteiger partial charge in [-0.1, -0.05) is 13.8 Å². The van der Waals surface area contributed by atoms with Crippen LogP contribution in [0.1, 0.15) is 26.3 Å². The maximum absolute atomic E-state index is 5.56. The molecule has 1 atom stereocenters. The largest absolute Gasteiger partial charge is 0.497 e. The molecule has 1 heterocycles. The molecule has 0 saturated heterocycles. The van der Waals surface area contributed by atoms with Crippen molar-refractivity contribution in [3.05, 3.63) is 23.0 Å². The first kappa shape index (κ1) is 16.0. The van der Waals surface area contributed by atoms with Gasteiger partial charge in [-0.3, -0.25) is 0 Å². The summed E-state index contributed by atoms with van der Waals surface area (Å²) < 4.78 is 8.38. The molecule has 5 heteroatoms. The van der Waals surface area contributed by atoms with Crippen LogP contribution in [0.25, 0.3) is 11.0 Å². The van der Waals surface area contributed by atoms with E-state index in [2.05, 4.69) is 48.5 Å². The van der Waals surface area contributed by atoms with E-state index in [4.69, 9.17) is 17.0 Å². The molecule has 1 aromatic carbocycles. The number of aromatic amines is 1. The minimum absolute atomic E-state index is 0.355. The maximum Gasteiger partial charge on any atom is 0.178 e. The highest BCUT2D eigenvalue weighted by Crippen LogP contribution is 2.27. The monoisotopic (exact) mass is 307 g/mol. The highest BCUT2D eigenvalue weighted by Gasteiger charge is 2.18. The summed E-state index contributed by atoms with van der Waals surface area (Å²) in [6.45, 7) is 5.47. The molecule has 0 aliphatic rings. The van der Waals surface area contributed by atoms with Crippen molar-refractivity contribution in [2.45, 2.75) is 26.3 Å². The zero-order valence-corrected chi connectivity index (χ0v) is 14.3. The first-order chi connectivity index (χ1) is 9.92. The lowest BCUT2D eigenvalue weighted by Gasteiger charge is -2.25. The summed E-state index contributed by atoms with van der Waals surface area (Å²) in [5.74, 6) is 1.48. The van der Waals surface area contributed by atoms with Gasteiger partial charge in [-0.15, -0.1) is 0 Å². The Morgan fingerprint density at radius 3 is 2.62 bits per heavy atom. The van der Waals surface area contributed by atoms with Crippen LogP contribution in [0.3, 0.4) is 0 Å². The number of benzene rings is 1. The molecule has 0 fully saturated rings. The maximum atomic E-state index is 5.56. The topological polar surface area (TPSA) is 33.2 Å². The van der Waals surface area contributed by atoms with Crippen LogP contribution in [0.5, 0.6) is 5.75 Å². The summed E-state index contributed by atoms with van der Waals surface area (Å²) in [5, 5.41) is 0. The van der Waals surface area contributed by atoms with Gasteiger partial charge in [0.15, 0.2) is 4.77 Å². The Kier molecular flexibility index (Phi) is 5.06. The van der Waals surface area contributed by atoms with Crippen molar-refractivity contribution < 1.29 is 4.74 Å². The van der Waals surface area contributed by atoms with Gasteiger partial charge in [0.05, 0.1) is 18.1 Å². The first-order valence-electron chi connectivity index (χ1n) is 7.35.